The maximum absolute atomic E-state index is 13.2. The van der Waals surface area contributed by atoms with E-state index in [4.69, 9.17) is 16.3 Å². The van der Waals surface area contributed by atoms with E-state index in [1.807, 2.05) is 0 Å². The van der Waals surface area contributed by atoms with Gasteiger partial charge >= 0.3 is 12.1 Å². The molecule has 0 unspecified atom stereocenters. The highest BCUT2D eigenvalue weighted by atomic mass is 35.5. The second-order valence-electron chi connectivity index (χ2n) is 5.98. The molecule has 0 radical (unpaired) electrons. The van der Waals surface area contributed by atoms with Crippen LogP contribution in [0.25, 0.3) is 0 Å². The van der Waals surface area contributed by atoms with Gasteiger partial charge in [0.2, 0.25) is 5.91 Å². The average molecular weight is 430 g/mol. The van der Waals surface area contributed by atoms with Crippen LogP contribution in [0.15, 0.2) is 36.4 Å². The van der Waals surface area contributed by atoms with Crippen LogP contribution in [0.2, 0.25) is 5.02 Å². The highest BCUT2D eigenvalue weighted by Crippen LogP contribution is 2.37. The first kappa shape index (κ1) is 20.4. The second-order valence-corrected chi connectivity index (χ2v) is 6.41. The Balaban J connectivity index is 1.82. The third-order valence-electron chi connectivity index (χ3n) is 3.93. The predicted molar refractivity (Wildman–Crippen MR) is 96.0 cm³/mol. The van der Waals surface area contributed by atoms with Crippen molar-refractivity contribution in [1.29, 1.82) is 0 Å². The summed E-state index contributed by atoms with van der Waals surface area (Å²) >= 11 is 5.60. The highest BCUT2D eigenvalue weighted by Gasteiger charge is 2.34. The van der Waals surface area contributed by atoms with Crippen LogP contribution in [0.4, 0.5) is 30.2 Å². The van der Waals surface area contributed by atoms with Gasteiger partial charge in [-0.25, -0.2) is 4.79 Å². The van der Waals surface area contributed by atoms with Crippen LogP contribution in [0.5, 0.6) is 5.75 Å². The topological polar surface area (TPSA) is 102 Å². The molecule has 3 rings (SSSR count). The van der Waals surface area contributed by atoms with Gasteiger partial charge in [0.25, 0.3) is 5.69 Å². The Morgan fingerprint density at radius 1 is 1.28 bits per heavy atom. The Kier molecular flexibility index (Phi) is 5.33. The van der Waals surface area contributed by atoms with Gasteiger partial charge in [-0.3, -0.25) is 14.9 Å². The minimum atomic E-state index is -4.74. The molecule has 0 aromatic heterocycles. The molecule has 2 aromatic carbocycles. The summed E-state index contributed by atoms with van der Waals surface area (Å²) in [6.07, 6.45) is -4.74. The summed E-state index contributed by atoms with van der Waals surface area (Å²) in [6.45, 7) is -0.842. The molecule has 152 valence electrons. The number of anilines is 2. The molecule has 0 saturated heterocycles. The third-order valence-corrected chi connectivity index (χ3v) is 4.17. The third kappa shape index (κ3) is 4.57. The van der Waals surface area contributed by atoms with Crippen LogP contribution in [0.3, 0.4) is 0 Å². The quantitative estimate of drug-likeness (QED) is 0.344. The van der Waals surface area contributed by atoms with Crippen LogP contribution in [-0.4, -0.2) is 29.9 Å². The minimum absolute atomic E-state index is 0.120. The van der Waals surface area contributed by atoms with Crippen molar-refractivity contribution >= 4 is 40.5 Å². The zero-order valence-corrected chi connectivity index (χ0v) is 15.1. The molecule has 29 heavy (non-hydrogen) atoms. The lowest BCUT2D eigenvalue weighted by molar-refractivity contribution is -0.384. The molecule has 0 atom stereocenters. The molecular formula is C17H11ClF3N3O5. The van der Waals surface area contributed by atoms with Crippen molar-refractivity contribution in [2.24, 2.45) is 0 Å². The number of carbonyl (C=O) groups is 2. The van der Waals surface area contributed by atoms with Gasteiger partial charge in [-0.05, 0) is 24.3 Å². The molecule has 0 aliphatic carbocycles. The first-order valence-corrected chi connectivity index (χ1v) is 8.33. The number of rotatable bonds is 4. The summed E-state index contributed by atoms with van der Waals surface area (Å²) in [5, 5.41) is 12.9. The monoisotopic (exact) mass is 429 g/mol. The first-order valence-electron chi connectivity index (χ1n) is 7.95. The molecule has 1 amide bonds. The van der Waals surface area contributed by atoms with Gasteiger partial charge in [-0.15, -0.1) is 0 Å². The number of amides is 1. The highest BCUT2D eigenvalue weighted by molar-refractivity contribution is 6.30. The number of ether oxygens (including phenoxy) is 1. The lowest BCUT2D eigenvalue weighted by Crippen LogP contribution is -2.41. The van der Waals surface area contributed by atoms with Crippen LogP contribution in [0, 0.1) is 10.1 Å². The van der Waals surface area contributed by atoms with Crippen LogP contribution in [0.1, 0.15) is 5.56 Å². The summed E-state index contributed by atoms with van der Waals surface area (Å²) in [6, 6.07) is 6.37. The zero-order valence-electron chi connectivity index (χ0n) is 14.3. The van der Waals surface area contributed by atoms with Gasteiger partial charge in [0.15, 0.2) is 5.75 Å². The molecule has 0 saturated carbocycles. The fourth-order valence-corrected chi connectivity index (χ4v) is 2.89. The zero-order chi connectivity index (χ0) is 21.3. The summed E-state index contributed by atoms with van der Waals surface area (Å²) in [7, 11) is 0. The largest absolute Gasteiger partial charge is 0.423 e. The number of fused-ring (bicyclic) bond motifs is 1. The average Bonchev–Trinajstić information content (AvgIpc) is 2.61. The van der Waals surface area contributed by atoms with Crippen molar-refractivity contribution in [3.05, 3.63) is 57.1 Å². The van der Waals surface area contributed by atoms with E-state index in [1.54, 1.807) is 0 Å². The Hall–Kier alpha value is -3.34. The van der Waals surface area contributed by atoms with E-state index in [0.29, 0.717) is 6.07 Å². The lowest BCUT2D eigenvalue weighted by Gasteiger charge is -2.29. The SMILES string of the molecule is O=C(CN1CC(=O)Oc2cc([N+](=O)[O-])ccc21)Nc1ccc(Cl)cc1C(F)(F)F. The van der Waals surface area contributed by atoms with Gasteiger partial charge in [-0.1, -0.05) is 11.6 Å². The second kappa shape index (κ2) is 7.59. The number of benzene rings is 2. The number of halogens is 4. The van der Waals surface area contributed by atoms with E-state index < -0.39 is 40.8 Å². The summed E-state index contributed by atoms with van der Waals surface area (Å²) in [5.74, 6) is -1.73. The van der Waals surface area contributed by atoms with Crippen LogP contribution < -0.4 is 15.0 Å². The van der Waals surface area contributed by atoms with Crippen molar-refractivity contribution < 1.29 is 32.4 Å². The maximum Gasteiger partial charge on any atom is 0.418 e. The number of nitrogens with zero attached hydrogens (tertiary/aromatic N) is 2. The van der Waals surface area contributed by atoms with Gasteiger partial charge in [-0.2, -0.15) is 13.2 Å². The van der Waals surface area contributed by atoms with Crippen molar-refractivity contribution in [1.82, 2.24) is 0 Å². The van der Waals surface area contributed by atoms with Gasteiger partial charge in [0.05, 0.1) is 34.5 Å². The number of nitrogens with one attached hydrogen (secondary N) is 1. The van der Waals surface area contributed by atoms with Gasteiger partial charge in [0.1, 0.15) is 6.54 Å². The molecule has 12 heteroatoms. The fourth-order valence-electron chi connectivity index (χ4n) is 2.72. The minimum Gasteiger partial charge on any atom is -0.423 e. The van der Waals surface area contributed by atoms with Crippen LogP contribution in [-0.2, 0) is 15.8 Å². The Morgan fingerprint density at radius 3 is 2.66 bits per heavy atom. The van der Waals surface area contributed by atoms with E-state index >= 15 is 0 Å². The van der Waals surface area contributed by atoms with Crippen molar-refractivity contribution in [2.45, 2.75) is 6.18 Å². The number of alkyl halides is 3. The van der Waals surface area contributed by atoms with E-state index in [1.165, 1.54) is 17.0 Å². The number of nitro groups is 1. The Morgan fingerprint density at radius 2 is 2.00 bits per heavy atom. The molecule has 1 aliphatic heterocycles. The molecule has 1 heterocycles. The number of carbonyl (C=O) groups excluding carboxylic acids is 2. The van der Waals surface area contributed by atoms with Gasteiger partial charge < -0.3 is 15.0 Å². The molecule has 8 nitrogen and oxygen atoms in total. The molecule has 1 N–H and O–H groups in total. The van der Waals surface area contributed by atoms with Crippen molar-refractivity contribution in [3.8, 4) is 5.75 Å². The number of hydrogen-bond acceptors (Lipinski definition) is 6. The molecule has 0 bridgehead atoms. The summed E-state index contributed by atoms with van der Waals surface area (Å²) < 4.78 is 44.4. The Labute approximate surface area is 166 Å². The smallest absolute Gasteiger partial charge is 0.418 e. The molecule has 0 fully saturated rings. The molecular weight excluding hydrogens is 419 g/mol. The van der Waals surface area contributed by atoms with Crippen LogP contribution >= 0.6 is 11.6 Å². The maximum atomic E-state index is 13.2. The lowest BCUT2D eigenvalue weighted by atomic mass is 10.1. The summed E-state index contributed by atoms with van der Waals surface area (Å²) in [4.78, 5) is 35.5. The number of esters is 1. The van der Waals surface area contributed by atoms with Crippen molar-refractivity contribution in [3.63, 3.8) is 0 Å². The van der Waals surface area contributed by atoms with Gasteiger partial charge in [0, 0.05) is 11.1 Å². The number of nitro benzene ring substituents is 1. The van der Waals surface area contributed by atoms with E-state index in [9.17, 15) is 32.9 Å². The standard InChI is InChI=1S/C17H11ClF3N3O5/c18-9-1-3-12(11(5-9)17(19,20)21)22-15(25)7-23-8-16(26)29-14-6-10(24(27)28)2-4-13(14)23/h1-6H,7-8H2,(H,22,25). The van der Waals surface area contributed by atoms with E-state index in [0.717, 1.165) is 18.2 Å². The normalized spacial score (nSPS) is 13.5. The Bertz CT molecular complexity index is 1010. The molecule has 0 spiro atoms. The number of non-ortho nitro benzene ring substituents is 1. The predicted octanol–water partition coefficient (Wildman–Crippen LogP) is 3.63. The van der Waals surface area contributed by atoms with Crippen molar-refractivity contribution in [2.75, 3.05) is 23.3 Å². The van der Waals surface area contributed by atoms with E-state index in [2.05, 4.69) is 5.32 Å². The number of hydrogen-bond donors (Lipinski definition) is 1. The molecule has 2 aromatic rings. The molecule has 1 aliphatic rings. The van der Waals surface area contributed by atoms with E-state index in [-0.39, 0.29) is 28.7 Å². The first-order chi connectivity index (χ1) is 13.5. The fraction of sp³-hybridized carbons (Fsp3) is 0.176. The summed E-state index contributed by atoms with van der Waals surface area (Å²) in [5.41, 5.74) is -1.71.